The smallest absolute Gasteiger partial charge is 0.296 e. The Morgan fingerprint density at radius 3 is 1.69 bits per heavy atom. The zero-order valence-corrected chi connectivity index (χ0v) is 20.0. The van der Waals surface area contributed by atoms with E-state index in [1.165, 1.54) is 12.1 Å². The molecule has 0 spiro atoms. The zero-order chi connectivity index (χ0) is 26.8. The Morgan fingerprint density at radius 1 is 0.639 bits per heavy atom. The van der Waals surface area contributed by atoms with Gasteiger partial charge >= 0.3 is 0 Å². The fraction of sp³-hybridized carbons (Fsp3) is 0. The second-order valence-corrected chi connectivity index (χ2v) is 11.8. The van der Waals surface area contributed by atoms with Crippen LogP contribution in [-0.2, 0) is 30.4 Å². The van der Waals surface area contributed by atoms with E-state index in [9.17, 15) is 43.9 Å². The van der Waals surface area contributed by atoms with Crippen molar-refractivity contribution < 1.29 is 48.5 Å². The van der Waals surface area contributed by atoms with Gasteiger partial charge < -0.3 is 11.1 Å². The van der Waals surface area contributed by atoms with Gasteiger partial charge in [-0.2, -0.15) is 25.3 Å². The Bertz CT molecular complexity index is 1810. The Morgan fingerprint density at radius 2 is 1.17 bits per heavy atom. The van der Waals surface area contributed by atoms with Crippen molar-refractivity contribution in [1.29, 1.82) is 0 Å². The molecule has 6 N–H and O–H groups in total. The van der Waals surface area contributed by atoms with Crippen LogP contribution in [0.5, 0.6) is 0 Å². The molecule has 188 valence electrons. The second-order valence-electron chi connectivity index (χ2n) is 7.53. The third-order valence-corrected chi connectivity index (χ3v) is 7.88. The molecule has 1 aliphatic rings. The molecule has 0 unspecified atom stereocenters. The molecule has 1 aliphatic carbocycles. The van der Waals surface area contributed by atoms with Crippen LogP contribution in [0.1, 0.15) is 31.8 Å². The Labute approximate surface area is 203 Å². The van der Waals surface area contributed by atoms with E-state index < -0.39 is 79.0 Å². The summed E-state index contributed by atoms with van der Waals surface area (Å²) in [6, 6.07) is 7.74. The molecule has 36 heavy (non-hydrogen) atoms. The van der Waals surface area contributed by atoms with Crippen molar-refractivity contribution in [1.82, 2.24) is 0 Å². The number of nitrogen functional groups attached to an aromatic ring is 1. The van der Waals surface area contributed by atoms with Gasteiger partial charge in [0.05, 0.1) is 32.3 Å². The van der Waals surface area contributed by atoms with Gasteiger partial charge in [-0.25, -0.2) is 0 Å². The standard InChI is InChI=1S/C20H14N2O11S3/c21-18-15(36(31,32)33)8-14(22-9-1-3-10(4-2-9)34(25,26)27)16-17(18)20(24)13-7-11(35(28,29)30)5-6-12(13)19(16)23/h1-8,22H,21H2,(H,25,26,27)(H,28,29,30)(H,31,32,33). The number of hydrogen-bond acceptors (Lipinski definition) is 10. The summed E-state index contributed by atoms with van der Waals surface area (Å²) < 4.78 is 97.5. The first-order valence-corrected chi connectivity index (χ1v) is 13.8. The average molecular weight is 555 g/mol. The van der Waals surface area contributed by atoms with E-state index in [4.69, 9.17) is 10.3 Å². The lowest BCUT2D eigenvalue weighted by molar-refractivity contribution is 0.0980. The summed E-state index contributed by atoms with van der Waals surface area (Å²) in [6.45, 7) is 0. The Hall–Kier alpha value is -3.67. The van der Waals surface area contributed by atoms with Crippen LogP contribution in [0.4, 0.5) is 17.1 Å². The minimum absolute atomic E-state index is 0.0865. The summed E-state index contributed by atoms with van der Waals surface area (Å²) in [5, 5.41) is 2.65. The second kappa shape index (κ2) is 8.19. The molecule has 0 fully saturated rings. The molecule has 13 nitrogen and oxygen atoms in total. The number of rotatable bonds is 5. The molecule has 0 heterocycles. The van der Waals surface area contributed by atoms with Crippen LogP contribution in [0.2, 0.25) is 0 Å². The molecule has 3 aromatic rings. The van der Waals surface area contributed by atoms with Crippen LogP contribution in [-0.4, -0.2) is 50.5 Å². The maximum atomic E-state index is 13.3. The number of hydrogen-bond donors (Lipinski definition) is 5. The first kappa shape index (κ1) is 25.4. The summed E-state index contributed by atoms with van der Waals surface area (Å²) in [5.41, 5.74) is 3.04. The van der Waals surface area contributed by atoms with Gasteiger partial charge in [0.2, 0.25) is 0 Å². The average Bonchev–Trinajstić information content (AvgIpc) is 2.76. The highest BCUT2D eigenvalue weighted by Gasteiger charge is 2.37. The lowest BCUT2D eigenvalue weighted by Gasteiger charge is -2.24. The van der Waals surface area contributed by atoms with Crippen molar-refractivity contribution in [2.45, 2.75) is 14.7 Å². The lowest BCUT2D eigenvalue weighted by atomic mass is 9.82. The monoisotopic (exact) mass is 554 g/mol. The van der Waals surface area contributed by atoms with E-state index in [-0.39, 0.29) is 16.9 Å². The van der Waals surface area contributed by atoms with Gasteiger partial charge in [0, 0.05) is 16.8 Å². The number of carbonyl (C=O) groups excluding carboxylic acids is 2. The summed E-state index contributed by atoms with van der Waals surface area (Å²) in [5.74, 6) is -1.93. The minimum Gasteiger partial charge on any atom is -0.397 e. The van der Waals surface area contributed by atoms with E-state index >= 15 is 0 Å². The van der Waals surface area contributed by atoms with Crippen LogP contribution >= 0.6 is 0 Å². The van der Waals surface area contributed by atoms with Gasteiger partial charge in [0.25, 0.3) is 30.4 Å². The maximum absolute atomic E-state index is 13.3. The molecule has 0 radical (unpaired) electrons. The molecular weight excluding hydrogens is 540 g/mol. The van der Waals surface area contributed by atoms with Gasteiger partial charge in [0.15, 0.2) is 11.6 Å². The third-order valence-electron chi connectivity index (χ3n) is 5.27. The molecule has 16 heteroatoms. The first-order valence-electron chi connectivity index (χ1n) is 9.49. The topological polar surface area (TPSA) is 235 Å². The molecule has 0 aromatic heterocycles. The molecule has 0 saturated heterocycles. The van der Waals surface area contributed by atoms with E-state index in [1.54, 1.807) is 0 Å². The highest BCUT2D eigenvalue weighted by Crippen LogP contribution is 2.40. The SMILES string of the molecule is Nc1c(S(=O)(=O)O)cc(Nc2ccc(S(=O)(=O)O)cc2)c2c1C(=O)c1cc(S(=O)(=O)O)ccc1C2=O. The quantitative estimate of drug-likeness (QED) is 0.174. The molecule has 0 atom stereocenters. The predicted octanol–water partition coefficient (Wildman–Crippen LogP) is 1.53. The van der Waals surface area contributed by atoms with Crippen LogP contribution < -0.4 is 11.1 Å². The van der Waals surface area contributed by atoms with Gasteiger partial charge in [-0.3, -0.25) is 23.2 Å². The lowest BCUT2D eigenvalue weighted by Crippen LogP contribution is -2.25. The van der Waals surface area contributed by atoms with E-state index in [0.29, 0.717) is 0 Å². The number of anilines is 3. The number of nitrogens with one attached hydrogen (secondary N) is 1. The van der Waals surface area contributed by atoms with Crippen molar-refractivity contribution >= 4 is 59.0 Å². The summed E-state index contributed by atoms with van der Waals surface area (Å²) in [7, 11) is -14.3. The molecule has 3 aromatic carbocycles. The fourth-order valence-electron chi connectivity index (χ4n) is 3.66. The van der Waals surface area contributed by atoms with Gasteiger partial charge in [0.1, 0.15) is 4.90 Å². The normalized spacial score (nSPS) is 13.8. The third kappa shape index (κ3) is 4.36. The molecule has 4 rings (SSSR count). The minimum atomic E-state index is -5.03. The zero-order valence-electron chi connectivity index (χ0n) is 17.5. The number of nitrogens with two attached hydrogens (primary N) is 1. The maximum Gasteiger partial charge on any atom is 0.296 e. The summed E-state index contributed by atoms with van der Waals surface area (Å²) >= 11 is 0. The van der Waals surface area contributed by atoms with Crippen LogP contribution in [0, 0.1) is 0 Å². The molecule has 0 aliphatic heterocycles. The number of carbonyl (C=O) groups is 2. The Balaban J connectivity index is 1.97. The number of fused-ring (bicyclic) bond motifs is 2. The van der Waals surface area contributed by atoms with Gasteiger partial charge in [-0.1, -0.05) is 0 Å². The first-order chi connectivity index (χ1) is 16.5. The largest absolute Gasteiger partial charge is 0.397 e. The van der Waals surface area contributed by atoms with E-state index in [2.05, 4.69) is 5.32 Å². The summed E-state index contributed by atoms with van der Waals surface area (Å²) in [4.78, 5) is 24.5. The van der Waals surface area contributed by atoms with E-state index in [1.807, 2.05) is 0 Å². The van der Waals surface area contributed by atoms with Gasteiger partial charge in [-0.05, 0) is 48.5 Å². The predicted molar refractivity (Wildman–Crippen MR) is 123 cm³/mol. The number of benzene rings is 3. The van der Waals surface area contributed by atoms with Crippen LogP contribution in [0.3, 0.4) is 0 Å². The van der Waals surface area contributed by atoms with E-state index in [0.717, 1.165) is 36.4 Å². The van der Waals surface area contributed by atoms with Crippen molar-refractivity contribution in [3.8, 4) is 0 Å². The van der Waals surface area contributed by atoms with Crippen molar-refractivity contribution in [3.05, 3.63) is 70.8 Å². The summed E-state index contributed by atoms with van der Waals surface area (Å²) in [6.07, 6.45) is 0. The molecule has 0 amide bonds. The van der Waals surface area contributed by atoms with Crippen molar-refractivity contribution in [3.63, 3.8) is 0 Å². The highest BCUT2D eigenvalue weighted by atomic mass is 32.2. The Kier molecular flexibility index (Phi) is 5.78. The fourth-order valence-corrected chi connectivity index (χ4v) is 5.30. The molecular formula is C20H14N2O11S3. The number of ketones is 2. The van der Waals surface area contributed by atoms with Gasteiger partial charge in [-0.15, -0.1) is 0 Å². The van der Waals surface area contributed by atoms with Crippen LogP contribution in [0.15, 0.2) is 63.2 Å². The molecule has 0 saturated carbocycles. The van der Waals surface area contributed by atoms with Crippen LogP contribution in [0.25, 0.3) is 0 Å². The highest BCUT2D eigenvalue weighted by molar-refractivity contribution is 7.86. The van der Waals surface area contributed by atoms with Crippen molar-refractivity contribution in [2.24, 2.45) is 0 Å². The molecule has 0 bridgehead atoms. The van der Waals surface area contributed by atoms with Crippen molar-refractivity contribution in [2.75, 3.05) is 11.1 Å².